The molecule has 0 spiro atoms. The van der Waals surface area contributed by atoms with Crippen LogP contribution in [0.1, 0.15) is 11.1 Å². The third-order valence-corrected chi connectivity index (χ3v) is 6.54. The minimum absolute atomic E-state index is 0.0167. The van der Waals surface area contributed by atoms with Gasteiger partial charge in [-0.05, 0) is 43.7 Å². The smallest absolute Gasteiger partial charge is 0.152 e. The highest BCUT2D eigenvalue weighted by Gasteiger charge is 2.16. The van der Waals surface area contributed by atoms with Crippen LogP contribution < -0.4 is 0 Å². The molecule has 0 unspecified atom stereocenters. The van der Waals surface area contributed by atoms with Crippen molar-refractivity contribution in [3.8, 4) is 11.4 Å². The number of nitrogens with zero attached hydrogens (tertiary/aromatic N) is 3. The molecule has 5 aromatic rings. The summed E-state index contributed by atoms with van der Waals surface area (Å²) in [6.45, 7) is 3.39. The molecule has 5 rings (SSSR count). The lowest BCUT2D eigenvalue weighted by molar-refractivity contribution is 0.589. The van der Waals surface area contributed by atoms with Crippen LogP contribution in [-0.2, 0) is 0 Å². The molecule has 3 nitrogen and oxygen atoms in total. The third kappa shape index (κ3) is 4.89. The molecule has 0 bridgehead atoms. The van der Waals surface area contributed by atoms with E-state index < -0.39 is 23.3 Å². The van der Waals surface area contributed by atoms with Crippen LogP contribution in [0.4, 0.5) is 17.6 Å². The quantitative estimate of drug-likeness (QED) is 0.158. The van der Waals surface area contributed by atoms with E-state index in [9.17, 15) is 17.6 Å². The van der Waals surface area contributed by atoms with Crippen molar-refractivity contribution in [2.24, 2.45) is 0 Å². The Bertz CT molecular complexity index is 1600. The standard InChI is InChI=1S/C15H9ClF2N2.C10H5Cl2F2N/c1-8-13(16)10-6-9(17)7-11(18)15(10)20-14(8)12-4-2-3-5-19-12;1-4-8(11)6-2-5(13)3-7(14)9(6)15-10(4)12/h2-7H,1H3;2-3H,1H3. The van der Waals surface area contributed by atoms with Crippen molar-refractivity contribution in [3.63, 3.8) is 0 Å². The van der Waals surface area contributed by atoms with Gasteiger partial charge in [0.25, 0.3) is 0 Å². The first-order valence-electron chi connectivity index (χ1n) is 10.0. The molecule has 0 fully saturated rings. The van der Waals surface area contributed by atoms with Gasteiger partial charge in [-0.3, -0.25) is 4.98 Å². The second-order valence-corrected chi connectivity index (χ2v) is 8.64. The molecule has 0 aliphatic rings. The summed E-state index contributed by atoms with van der Waals surface area (Å²) in [4.78, 5) is 12.3. The number of pyridine rings is 3. The van der Waals surface area contributed by atoms with Crippen LogP contribution in [0, 0.1) is 37.1 Å². The van der Waals surface area contributed by atoms with Gasteiger partial charge in [-0.2, -0.15) is 0 Å². The van der Waals surface area contributed by atoms with Crippen LogP contribution in [0.15, 0.2) is 48.7 Å². The highest BCUT2D eigenvalue weighted by atomic mass is 35.5. The van der Waals surface area contributed by atoms with Gasteiger partial charge in [0.1, 0.15) is 27.8 Å². The van der Waals surface area contributed by atoms with Crippen LogP contribution in [0.25, 0.3) is 33.2 Å². The average Bonchev–Trinajstić information content (AvgIpc) is 2.82. The van der Waals surface area contributed by atoms with Crippen LogP contribution in [0.3, 0.4) is 0 Å². The van der Waals surface area contributed by atoms with Crippen LogP contribution in [-0.4, -0.2) is 15.0 Å². The van der Waals surface area contributed by atoms with Gasteiger partial charge >= 0.3 is 0 Å². The Balaban J connectivity index is 0.000000172. The molecule has 0 amide bonds. The van der Waals surface area contributed by atoms with Crippen molar-refractivity contribution in [2.75, 3.05) is 0 Å². The molecule has 0 aliphatic carbocycles. The SMILES string of the molecule is Cc1c(-c2ccccn2)nc2c(F)cc(F)cc2c1Cl.Cc1c(Cl)nc2c(F)cc(F)cc2c1Cl. The number of benzene rings is 2. The number of halogens is 7. The van der Waals surface area contributed by atoms with E-state index in [-0.39, 0.29) is 37.0 Å². The first-order chi connectivity index (χ1) is 16.6. The lowest BCUT2D eigenvalue weighted by Crippen LogP contribution is -1.96. The number of rotatable bonds is 1. The summed E-state index contributed by atoms with van der Waals surface area (Å²) < 4.78 is 53.4. The fourth-order valence-electron chi connectivity index (χ4n) is 3.42. The van der Waals surface area contributed by atoms with E-state index in [1.165, 1.54) is 6.07 Å². The van der Waals surface area contributed by atoms with Crippen molar-refractivity contribution in [1.29, 1.82) is 0 Å². The van der Waals surface area contributed by atoms with E-state index in [2.05, 4.69) is 15.0 Å². The van der Waals surface area contributed by atoms with Gasteiger partial charge < -0.3 is 0 Å². The predicted molar refractivity (Wildman–Crippen MR) is 131 cm³/mol. The Morgan fingerprint density at radius 2 is 1.23 bits per heavy atom. The zero-order valence-corrected chi connectivity index (χ0v) is 20.4. The Hall–Kier alpha value is -3.00. The molecule has 3 heterocycles. The van der Waals surface area contributed by atoms with Crippen molar-refractivity contribution >= 4 is 56.6 Å². The van der Waals surface area contributed by atoms with Crippen LogP contribution in [0.5, 0.6) is 0 Å². The summed E-state index contributed by atoms with van der Waals surface area (Å²) >= 11 is 17.9. The molecule has 0 saturated carbocycles. The molecular weight excluding hydrogens is 525 g/mol. The van der Waals surface area contributed by atoms with Crippen molar-refractivity contribution in [2.45, 2.75) is 13.8 Å². The van der Waals surface area contributed by atoms with E-state index >= 15 is 0 Å². The topological polar surface area (TPSA) is 38.7 Å². The van der Waals surface area contributed by atoms with E-state index in [1.54, 1.807) is 32.2 Å². The Morgan fingerprint density at radius 3 is 1.77 bits per heavy atom. The highest BCUT2D eigenvalue weighted by molar-refractivity contribution is 6.39. The summed E-state index contributed by atoms with van der Waals surface area (Å²) in [5.74, 6) is -2.87. The van der Waals surface area contributed by atoms with Gasteiger partial charge in [-0.25, -0.2) is 27.5 Å². The normalized spacial score (nSPS) is 11.0. The molecule has 2 aromatic carbocycles. The minimum Gasteiger partial charge on any atom is -0.255 e. The van der Waals surface area contributed by atoms with Gasteiger partial charge in [0.15, 0.2) is 11.6 Å². The maximum absolute atomic E-state index is 13.9. The molecule has 0 saturated heterocycles. The molecular formula is C25H14Cl3F4N3. The maximum atomic E-state index is 13.9. The van der Waals surface area contributed by atoms with Crippen molar-refractivity contribution < 1.29 is 17.6 Å². The highest BCUT2D eigenvalue weighted by Crippen LogP contribution is 2.34. The molecule has 0 aliphatic heterocycles. The summed E-state index contributed by atoms with van der Waals surface area (Å²) in [6.07, 6.45) is 1.62. The summed E-state index contributed by atoms with van der Waals surface area (Å²) in [7, 11) is 0. The zero-order valence-electron chi connectivity index (χ0n) is 18.1. The third-order valence-electron chi connectivity index (χ3n) is 5.19. The van der Waals surface area contributed by atoms with Crippen molar-refractivity contribution in [3.05, 3.63) is 98.3 Å². The van der Waals surface area contributed by atoms with Gasteiger partial charge in [0, 0.05) is 34.7 Å². The Kier molecular flexibility index (Phi) is 7.12. The van der Waals surface area contributed by atoms with Crippen molar-refractivity contribution in [1.82, 2.24) is 15.0 Å². The van der Waals surface area contributed by atoms with E-state index in [4.69, 9.17) is 34.8 Å². The maximum Gasteiger partial charge on any atom is 0.152 e. The van der Waals surface area contributed by atoms with E-state index in [0.717, 1.165) is 18.2 Å². The minimum atomic E-state index is -0.770. The van der Waals surface area contributed by atoms with Crippen LogP contribution >= 0.6 is 34.8 Å². The lowest BCUT2D eigenvalue weighted by atomic mass is 10.1. The fourth-order valence-corrected chi connectivity index (χ4v) is 4.12. The average molecular weight is 539 g/mol. The summed E-state index contributed by atoms with van der Waals surface area (Å²) in [6, 6.07) is 9.21. The molecule has 3 aromatic heterocycles. The summed E-state index contributed by atoms with van der Waals surface area (Å²) in [5, 5.41) is 1.13. The number of fused-ring (bicyclic) bond motifs is 2. The number of hydrogen-bond acceptors (Lipinski definition) is 3. The monoisotopic (exact) mass is 537 g/mol. The molecule has 10 heteroatoms. The Labute approximate surface area is 212 Å². The first kappa shape index (κ1) is 25.1. The van der Waals surface area contributed by atoms with Gasteiger partial charge in [0.2, 0.25) is 0 Å². The van der Waals surface area contributed by atoms with E-state index in [0.29, 0.717) is 22.5 Å². The fraction of sp³-hybridized carbons (Fsp3) is 0.0800. The molecule has 35 heavy (non-hydrogen) atoms. The largest absolute Gasteiger partial charge is 0.255 e. The lowest BCUT2D eigenvalue weighted by Gasteiger charge is -2.10. The Morgan fingerprint density at radius 1 is 0.686 bits per heavy atom. The number of aromatic nitrogens is 3. The van der Waals surface area contributed by atoms with Crippen LogP contribution in [0.2, 0.25) is 15.2 Å². The molecule has 0 N–H and O–H groups in total. The second-order valence-electron chi connectivity index (χ2n) is 7.52. The number of hydrogen-bond donors (Lipinski definition) is 0. The molecule has 0 atom stereocenters. The van der Waals surface area contributed by atoms with Gasteiger partial charge in [0.05, 0.1) is 21.4 Å². The summed E-state index contributed by atoms with van der Waals surface area (Å²) in [5.41, 5.74) is 2.27. The second kappa shape index (κ2) is 9.93. The van der Waals surface area contributed by atoms with Gasteiger partial charge in [-0.15, -0.1) is 0 Å². The first-order valence-corrected chi connectivity index (χ1v) is 11.2. The molecule has 0 radical (unpaired) electrons. The molecule has 178 valence electrons. The van der Waals surface area contributed by atoms with E-state index in [1.807, 2.05) is 6.07 Å². The zero-order chi connectivity index (χ0) is 25.4. The van der Waals surface area contributed by atoms with Gasteiger partial charge in [-0.1, -0.05) is 40.9 Å². The predicted octanol–water partition coefficient (Wildman–Crippen LogP) is 8.67.